The Kier molecular flexibility index (Phi) is 3.28. The summed E-state index contributed by atoms with van der Waals surface area (Å²) in [7, 11) is 1.61. The molecule has 2 aromatic heterocycles. The van der Waals surface area contributed by atoms with Gasteiger partial charge >= 0.3 is 11.1 Å². The van der Waals surface area contributed by atoms with Gasteiger partial charge < -0.3 is 5.73 Å². The van der Waals surface area contributed by atoms with Crippen LogP contribution < -0.4 is 16.9 Å². The van der Waals surface area contributed by atoms with Gasteiger partial charge in [-0.3, -0.25) is 19.4 Å². The largest absolute Gasteiger partial charge is 0.383 e. The number of aromatic amines is 1. The molecule has 2 heterocycles. The molecule has 0 unspecified atom stereocenters. The number of anilines is 1. The molecular weight excluding hydrogens is 292 g/mol. The van der Waals surface area contributed by atoms with Crippen LogP contribution in [0.25, 0.3) is 0 Å². The second-order valence-corrected chi connectivity index (χ2v) is 5.93. The summed E-state index contributed by atoms with van der Waals surface area (Å²) in [5, 5.41) is 3.40. The van der Waals surface area contributed by atoms with Gasteiger partial charge in [0.1, 0.15) is 16.7 Å². The van der Waals surface area contributed by atoms with Crippen molar-refractivity contribution in [1.29, 1.82) is 0 Å². The van der Waals surface area contributed by atoms with E-state index in [1.807, 2.05) is 6.92 Å². The molecule has 0 spiro atoms. The summed E-state index contributed by atoms with van der Waals surface area (Å²) in [5.74, 6) is 1.54. The fourth-order valence-corrected chi connectivity index (χ4v) is 2.67. The van der Waals surface area contributed by atoms with Gasteiger partial charge in [-0.1, -0.05) is 0 Å². The van der Waals surface area contributed by atoms with Crippen molar-refractivity contribution in [2.24, 2.45) is 7.05 Å². The number of nitrogens with zero attached hydrogens (tertiary/aromatic N) is 4. The zero-order chi connectivity index (χ0) is 15.1. The molecule has 3 rings (SSSR count). The minimum Gasteiger partial charge on any atom is -0.383 e. The van der Waals surface area contributed by atoms with E-state index in [1.54, 1.807) is 7.05 Å². The zero-order valence-corrected chi connectivity index (χ0v) is 12.4. The van der Waals surface area contributed by atoms with Crippen molar-refractivity contribution < 1.29 is 0 Å². The first-order valence-electron chi connectivity index (χ1n) is 6.45. The lowest BCUT2D eigenvalue weighted by atomic mass is 10.3. The van der Waals surface area contributed by atoms with Crippen LogP contribution in [-0.4, -0.2) is 24.7 Å². The quantitative estimate of drug-likeness (QED) is 0.613. The van der Waals surface area contributed by atoms with Crippen LogP contribution >= 0.6 is 11.8 Å². The predicted octanol–water partition coefficient (Wildman–Crippen LogP) is 0.178. The zero-order valence-electron chi connectivity index (χ0n) is 11.6. The fourth-order valence-electron chi connectivity index (χ4n) is 1.79. The third-order valence-electron chi connectivity index (χ3n) is 3.23. The SMILES string of the molecule is Cc1c(N)nc(C2CC2)nc1Sc1nc(=O)c(=O)[nH]n1C. The molecule has 0 amide bonds. The number of hydrogen-bond acceptors (Lipinski definition) is 7. The van der Waals surface area contributed by atoms with Crippen LogP contribution in [0.3, 0.4) is 0 Å². The Morgan fingerprint density at radius 3 is 2.67 bits per heavy atom. The van der Waals surface area contributed by atoms with E-state index in [1.165, 1.54) is 16.4 Å². The van der Waals surface area contributed by atoms with Crippen molar-refractivity contribution in [3.63, 3.8) is 0 Å². The molecule has 1 saturated carbocycles. The van der Waals surface area contributed by atoms with E-state index in [0.717, 1.165) is 24.2 Å². The lowest BCUT2D eigenvalue weighted by Crippen LogP contribution is -2.33. The molecule has 8 nitrogen and oxygen atoms in total. The summed E-state index contributed by atoms with van der Waals surface area (Å²) in [6.07, 6.45) is 2.14. The normalized spacial score (nSPS) is 14.4. The highest BCUT2D eigenvalue weighted by atomic mass is 32.2. The Bertz CT molecular complexity index is 823. The average molecular weight is 306 g/mol. The summed E-state index contributed by atoms with van der Waals surface area (Å²) in [6, 6.07) is 0. The van der Waals surface area contributed by atoms with Crippen LogP contribution in [0, 0.1) is 6.92 Å². The molecule has 0 atom stereocenters. The van der Waals surface area contributed by atoms with Crippen molar-refractivity contribution in [1.82, 2.24) is 24.7 Å². The minimum absolute atomic E-state index is 0.350. The molecule has 9 heteroatoms. The molecule has 3 N–H and O–H groups in total. The third kappa shape index (κ3) is 2.68. The maximum absolute atomic E-state index is 11.4. The number of aromatic nitrogens is 5. The molecule has 1 aliphatic carbocycles. The molecule has 1 fully saturated rings. The molecule has 0 aliphatic heterocycles. The van der Waals surface area contributed by atoms with Gasteiger partial charge in [0, 0.05) is 18.5 Å². The van der Waals surface area contributed by atoms with Crippen LogP contribution in [0.5, 0.6) is 0 Å². The number of nitrogens with one attached hydrogen (secondary N) is 1. The van der Waals surface area contributed by atoms with Gasteiger partial charge in [-0.25, -0.2) is 9.97 Å². The highest BCUT2D eigenvalue weighted by Crippen LogP contribution is 2.40. The molecule has 0 saturated heterocycles. The number of hydrogen-bond donors (Lipinski definition) is 2. The number of H-pyrrole nitrogens is 1. The topological polar surface area (TPSA) is 120 Å². The Morgan fingerprint density at radius 1 is 1.29 bits per heavy atom. The molecule has 110 valence electrons. The first-order chi connectivity index (χ1) is 9.95. The van der Waals surface area contributed by atoms with E-state index in [9.17, 15) is 9.59 Å². The van der Waals surface area contributed by atoms with E-state index in [4.69, 9.17) is 5.73 Å². The second kappa shape index (κ2) is 4.99. The number of nitrogens with two attached hydrogens (primary N) is 1. The van der Waals surface area contributed by atoms with Crippen LogP contribution in [-0.2, 0) is 7.05 Å². The predicted molar refractivity (Wildman–Crippen MR) is 77.4 cm³/mol. The second-order valence-electron chi connectivity index (χ2n) is 4.97. The van der Waals surface area contributed by atoms with E-state index >= 15 is 0 Å². The summed E-state index contributed by atoms with van der Waals surface area (Å²) in [5.41, 5.74) is 5.09. The molecule has 21 heavy (non-hydrogen) atoms. The van der Waals surface area contributed by atoms with Gasteiger partial charge in [0.05, 0.1) is 0 Å². The van der Waals surface area contributed by atoms with Gasteiger partial charge in [0.2, 0.25) is 0 Å². The average Bonchev–Trinajstić information content (AvgIpc) is 3.25. The molecule has 1 aliphatic rings. The maximum Gasteiger partial charge on any atom is 0.339 e. The van der Waals surface area contributed by atoms with E-state index in [2.05, 4.69) is 20.1 Å². The summed E-state index contributed by atoms with van der Waals surface area (Å²) < 4.78 is 1.39. The number of rotatable bonds is 3. The van der Waals surface area contributed by atoms with Crippen molar-refractivity contribution in [3.05, 3.63) is 32.1 Å². The van der Waals surface area contributed by atoms with E-state index < -0.39 is 11.1 Å². The molecular formula is C12H14N6O2S. The van der Waals surface area contributed by atoms with Crippen LogP contribution in [0.15, 0.2) is 19.8 Å². The number of nitrogen functional groups attached to an aromatic ring is 1. The van der Waals surface area contributed by atoms with Crippen molar-refractivity contribution in [3.8, 4) is 0 Å². The highest BCUT2D eigenvalue weighted by Gasteiger charge is 2.28. The summed E-state index contributed by atoms with van der Waals surface area (Å²) in [6.45, 7) is 1.82. The standard InChI is InChI=1S/C12H14N6O2S/c1-5-7(13)14-8(6-3-4-6)15-11(5)21-12-16-9(19)10(20)17-18(12)2/h6H,3-4H2,1-2H3,(H,17,20)(H2,13,14,15). The van der Waals surface area contributed by atoms with E-state index in [0.29, 0.717) is 21.9 Å². The first-order valence-corrected chi connectivity index (χ1v) is 7.26. The molecule has 0 radical (unpaired) electrons. The number of aryl methyl sites for hydroxylation is 1. The summed E-state index contributed by atoms with van der Waals surface area (Å²) in [4.78, 5) is 35.2. The van der Waals surface area contributed by atoms with Crippen LogP contribution in [0.1, 0.15) is 30.1 Å². The lowest BCUT2D eigenvalue weighted by Gasteiger charge is -2.10. The van der Waals surface area contributed by atoms with Crippen molar-refractivity contribution in [2.75, 3.05) is 5.73 Å². The summed E-state index contributed by atoms with van der Waals surface area (Å²) >= 11 is 1.19. The molecule has 0 bridgehead atoms. The Balaban J connectivity index is 2.03. The van der Waals surface area contributed by atoms with Crippen molar-refractivity contribution >= 4 is 17.6 Å². The van der Waals surface area contributed by atoms with Gasteiger partial charge in [0.25, 0.3) is 0 Å². The third-order valence-corrected chi connectivity index (χ3v) is 4.37. The molecule has 0 aromatic carbocycles. The Hall–Kier alpha value is -2.16. The first kappa shape index (κ1) is 13.8. The van der Waals surface area contributed by atoms with Gasteiger partial charge in [-0.05, 0) is 31.5 Å². The van der Waals surface area contributed by atoms with E-state index in [-0.39, 0.29) is 0 Å². The smallest absolute Gasteiger partial charge is 0.339 e. The van der Waals surface area contributed by atoms with Gasteiger partial charge in [-0.15, -0.1) is 0 Å². The van der Waals surface area contributed by atoms with Crippen LogP contribution in [0.2, 0.25) is 0 Å². The molecule has 2 aromatic rings. The highest BCUT2D eigenvalue weighted by molar-refractivity contribution is 7.99. The Labute approximate surface area is 123 Å². The van der Waals surface area contributed by atoms with Gasteiger partial charge in [0.15, 0.2) is 5.16 Å². The lowest BCUT2D eigenvalue weighted by molar-refractivity contribution is 0.596. The van der Waals surface area contributed by atoms with Gasteiger partial charge in [-0.2, -0.15) is 4.98 Å². The Morgan fingerprint density at radius 2 is 2.00 bits per heavy atom. The van der Waals surface area contributed by atoms with Crippen molar-refractivity contribution in [2.45, 2.75) is 35.9 Å². The van der Waals surface area contributed by atoms with Crippen LogP contribution in [0.4, 0.5) is 5.82 Å². The maximum atomic E-state index is 11.4. The monoisotopic (exact) mass is 306 g/mol. The minimum atomic E-state index is -0.822. The fraction of sp³-hybridized carbons (Fsp3) is 0.417.